The molecular formula is C14H18N4O. The number of anilines is 1. The van der Waals surface area contributed by atoms with Gasteiger partial charge in [0.25, 0.3) is 0 Å². The van der Waals surface area contributed by atoms with E-state index in [-0.39, 0.29) is 12.6 Å². The van der Waals surface area contributed by atoms with Gasteiger partial charge in [-0.15, -0.1) is 0 Å². The van der Waals surface area contributed by atoms with E-state index in [1.165, 1.54) is 0 Å². The highest BCUT2D eigenvalue weighted by Crippen LogP contribution is 2.21. The molecule has 1 aliphatic heterocycles. The van der Waals surface area contributed by atoms with Gasteiger partial charge in [-0.05, 0) is 31.5 Å². The molecule has 0 bridgehead atoms. The molecule has 1 unspecified atom stereocenters. The Bertz CT molecular complexity index is 587. The minimum atomic E-state index is 0.197. The number of nitrogens with zero attached hydrogens (tertiary/aromatic N) is 3. The summed E-state index contributed by atoms with van der Waals surface area (Å²) in [6.45, 7) is 1.84. The van der Waals surface area contributed by atoms with Crippen LogP contribution in [0.2, 0.25) is 0 Å². The molecule has 0 aliphatic carbocycles. The van der Waals surface area contributed by atoms with Gasteiger partial charge in [-0.25, -0.2) is 9.97 Å². The molecule has 1 aliphatic rings. The molecule has 1 fully saturated rings. The van der Waals surface area contributed by atoms with Crippen LogP contribution < -0.4 is 5.73 Å². The minimum Gasteiger partial charge on any atom is -0.395 e. The van der Waals surface area contributed by atoms with Crippen molar-refractivity contribution in [1.82, 2.24) is 14.9 Å². The van der Waals surface area contributed by atoms with Crippen molar-refractivity contribution in [2.75, 3.05) is 18.9 Å². The number of para-hydroxylation sites is 1. The number of aromatic nitrogens is 2. The maximum atomic E-state index is 9.33. The third kappa shape index (κ3) is 2.39. The monoisotopic (exact) mass is 258 g/mol. The fourth-order valence-electron chi connectivity index (χ4n) is 2.71. The van der Waals surface area contributed by atoms with E-state index >= 15 is 0 Å². The zero-order chi connectivity index (χ0) is 13.2. The summed E-state index contributed by atoms with van der Waals surface area (Å²) in [6, 6.07) is 8.00. The van der Waals surface area contributed by atoms with Gasteiger partial charge < -0.3 is 10.8 Å². The molecule has 0 amide bonds. The first-order valence-corrected chi connectivity index (χ1v) is 6.64. The first-order chi connectivity index (χ1) is 9.28. The van der Waals surface area contributed by atoms with Crippen LogP contribution in [0.25, 0.3) is 10.9 Å². The van der Waals surface area contributed by atoms with Gasteiger partial charge in [0.1, 0.15) is 11.6 Å². The lowest BCUT2D eigenvalue weighted by Gasteiger charge is -2.21. The zero-order valence-corrected chi connectivity index (χ0v) is 10.8. The maximum Gasteiger partial charge on any atom is 0.145 e. The molecule has 0 saturated carbocycles. The van der Waals surface area contributed by atoms with E-state index in [9.17, 15) is 5.11 Å². The number of hydrogen-bond donors (Lipinski definition) is 2. The van der Waals surface area contributed by atoms with Crippen molar-refractivity contribution in [3.05, 3.63) is 30.1 Å². The standard InChI is InChI=1S/C14H18N4O/c15-14-11-5-1-2-6-12(11)16-13(17-14)8-18-7-3-4-10(18)9-19/h1-2,5-6,10,19H,3-4,7-9H2,(H2,15,16,17). The lowest BCUT2D eigenvalue weighted by atomic mass is 10.2. The summed E-state index contributed by atoms with van der Waals surface area (Å²) >= 11 is 0. The summed E-state index contributed by atoms with van der Waals surface area (Å²) in [4.78, 5) is 11.2. The third-order valence-electron chi connectivity index (χ3n) is 3.73. The van der Waals surface area contributed by atoms with E-state index in [2.05, 4.69) is 14.9 Å². The predicted molar refractivity (Wildman–Crippen MR) is 74.5 cm³/mol. The number of likely N-dealkylation sites (tertiary alicyclic amines) is 1. The van der Waals surface area contributed by atoms with E-state index in [4.69, 9.17) is 5.73 Å². The zero-order valence-electron chi connectivity index (χ0n) is 10.8. The van der Waals surface area contributed by atoms with Gasteiger partial charge in [0.2, 0.25) is 0 Å². The van der Waals surface area contributed by atoms with Crippen LogP contribution in [0.15, 0.2) is 24.3 Å². The van der Waals surface area contributed by atoms with Gasteiger partial charge in [0.05, 0.1) is 18.7 Å². The Morgan fingerprint density at radius 2 is 2.16 bits per heavy atom. The second-order valence-corrected chi connectivity index (χ2v) is 4.99. The third-order valence-corrected chi connectivity index (χ3v) is 3.73. The molecule has 0 spiro atoms. The molecule has 100 valence electrons. The summed E-state index contributed by atoms with van der Waals surface area (Å²) in [6.07, 6.45) is 2.16. The average Bonchev–Trinajstić information content (AvgIpc) is 2.86. The van der Waals surface area contributed by atoms with Crippen LogP contribution in [-0.4, -0.2) is 39.2 Å². The van der Waals surface area contributed by atoms with Gasteiger partial charge in [0, 0.05) is 11.4 Å². The Morgan fingerprint density at radius 3 is 3.00 bits per heavy atom. The van der Waals surface area contributed by atoms with Gasteiger partial charge in [0.15, 0.2) is 0 Å². The van der Waals surface area contributed by atoms with Crippen molar-refractivity contribution in [3.63, 3.8) is 0 Å². The average molecular weight is 258 g/mol. The smallest absolute Gasteiger partial charge is 0.145 e. The summed E-state index contributed by atoms with van der Waals surface area (Å²) in [5.41, 5.74) is 6.86. The van der Waals surface area contributed by atoms with Crippen molar-refractivity contribution in [2.45, 2.75) is 25.4 Å². The Labute approximate surface area is 112 Å². The normalized spacial score (nSPS) is 20.2. The molecule has 5 nitrogen and oxygen atoms in total. The Morgan fingerprint density at radius 1 is 1.32 bits per heavy atom. The van der Waals surface area contributed by atoms with Crippen LogP contribution in [0, 0.1) is 0 Å². The molecule has 2 heterocycles. The summed E-state index contributed by atoms with van der Waals surface area (Å²) in [5.74, 6) is 1.26. The highest BCUT2D eigenvalue weighted by Gasteiger charge is 2.24. The Kier molecular flexibility index (Phi) is 3.31. The number of fused-ring (bicyclic) bond motifs is 1. The van der Waals surface area contributed by atoms with E-state index in [1.54, 1.807) is 0 Å². The van der Waals surface area contributed by atoms with E-state index in [1.807, 2.05) is 24.3 Å². The number of benzene rings is 1. The number of hydrogen-bond acceptors (Lipinski definition) is 5. The van der Waals surface area contributed by atoms with E-state index in [0.717, 1.165) is 36.1 Å². The van der Waals surface area contributed by atoms with Crippen LogP contribution in [0.3, 0.4) is 0 Å². The van der Waals surface area contributed by atoms with E-state index in [0.29, 0.717) is 12.4 Å². The van der Waals surface area contributed by atoms with Crippen molar-refractivity contribution >= 4 is 16.7 Å². The summed E-state index contributed by atoms with van der Waals surface area (Å²) in [7, 11) is 0. The molecule has 1 aromatic carbocycles. The molecule has 5 heteroatoms. The van der Waals surface area contributed by atoms with Crippen LogP contribution in [0.4, 0.5) is 5.82 Å². The van der Waals surface area contributed by atoms with Crippen molar-refractivity contribution in [3.8, 4) is 0 Å². The lowest BCUT2D eigenvalue weighted by molar-refractivity contribution is 0.151. The van der Waals surface area contributed by atoms with Gasteiger partial charge in [-0.1, -0.05) is 12.1 Å². The fourth-order valence-corrected chi connectivity index (χ4v) is 2.71. The van der Waals surface area contributed by atoms with Gasteiger partial charge in [-0.3, -0.25) is 4.90 Å². The topological polar surface area (TPSA) is 75.3 Å². The quantitative estimate of drug-likeness (QED) is 0.864. The maximum absolute atomic E-state index is 9.33. The second kappa shape index (κ2) is 5.11. The minimum absolute atomic E-state index is 0.197. The number of nitrogens with two attached hydrogens (primary N) is 1. The number of aliphatic hydroxyl groups is 1. The van der Waals surface area contributed by atoms with Gasteiger partial charge >= 0.3 is 0 Å². The molecule has 1 aromatic heterocycles. The molecule has 1 atom stereocenters. The largest absolute Gasteiger partial charge is 0.395 e. The predicted octanol–water partition coefficient (Wildman–Crippen LogP) is 1.17. The molecule has 0 radical (unpaired) electrons. The second-order valence-electron chi connectivity index (χ2n) is 4.99. The molecule has 19 heavy (non-hydrogen) atoms. The number of aliphatic hydroxyl groups excluding tert-OH is 1. The molecular weight excluding hydrogens is 240 g/mol. The highest BCUT2D eigenvalue weighted by atomic mass is 16.3. The first kappa shape index (κ1) is 12.3. The van der Waals surface area contributed by atoms with Crippen LogP contribution in [-0.2, 0) is 6.54 Å². The Balaban J connectivity index is 1.89. The lowest BCUT2D eigenvalue weighted by Crippen LogP contribution is -2.32. The number of nitrogen functional groups attached to an aromatic ring is 1. The van der Waals surface area contributed by atoms with Crippen molar-refractivity contribution < 1.29 is 5.11 Å². The molecule has 3 N–H and O–H groups in total. The van der Waals surface area contributed by atoms with Gasteiger partial charge in [-0.2, -0.15) is 0 Å². The van der Waals surface area contributed by atoms with Crippen molar-refractivity contribution in [1.29, 1.82) is 0 Å². The summed E-state index contributed by atoms with van der Waals surface area (Å²) in [5, 5.41) is 10.2. The van der Waals surface area contributed by atoms with E-state index < -0.39 is 0 Å². The molecule has 1 saturated heterocycles. The van der Waals surface area contributed by atoms with Crippen LogP contribution in [0.5, 0.6) is 0 Å². The molecule has 2 aromatic rings. The van der Waals surface area contributed by atoms with Crippen LogP contribution in [0.1, 0.15) is 18.7 Å². The SMILES string of the molecule is Nc1nc(CN2CCCC2CO)nc2ccccc12. The number of rotatable bonds is 3. The first-order valence-electron chi connectivity index (χ1n) is 6.64. The Hall–Kier alpha value is -1.72. The molecule has 3 rings (SSSR count). The fraction of sp³-hybridized carbons (Fsp3) is 0.429. The highest BCUT2D eigenvalue weighted by molar-refractivity contribution is 5.87. The van der Waals surface area contributed by atoms with Crippen molar-refractivity contribution in [2.24, 2.45) is 0 Å². The summed E-state index contributed by atoms with van der Waals surface area (Å²) < 4.78 is 0. The van der Waals surface area contributed by atoms with Crippen LogP contribution >= 0.6 is 0 Å².